The Kier molecular flexibility index (Phi) is 3.87. The molecule has 0 radical (unpaired) electrons. The second kappa shape index (κ2) is 5.23. The van der Waals surface area contributed by atoms with Gasteiger partial charge in [0.15, 0.2) is 0 Å². The summed E-state index contributed by atoms with van der Waals surface area (Å²) in [5.74, 6) is 6.55. The lowest BCUT2D eigenvalue weighted by Crippen LogP contribution is -1.86. The molecule has 0 saturated heterocycles. The zero-order valence-electron chi connectivity index (χ0n) is 7.58. The van der Waals surface area contributed by atoms with Gasteiger partial charge in [0, 0.05) is 6.42 Å². The van der Waals surface area contributed by atoms with Crippen LogP contribution in [0.15, 0.2) is 24.3 Å². The molecule has 1 aromatic rings. The first-order valence-corrected chi connectivity index (χ1v) is 4.11. The van der Waals surface area contributed by atoms with Gasteiger partial charge in [-0.3, -0.25) is 0 Å². The fourth-order valence-corrected chi connectivity index (χ4v) is 0.962. The molecule has 0 aliphatic rings. The van der Waals surface area contributed by atoms with Crippen LogP contribution in [0.4, 0.5) is 0 Å². The fourth-order valence-electron chi connectivity index (χ4n) is 0.962. The van der Waals surface area contributed by atoms with E-state index in [0.717, 1.165) is 11.3 Å². The van der Waals surface area contributed by atoms with Crippen LogP contribution in [0.2, 0.25) is 0 Å². The summed E-state index contributed by atoms with van der Waals surface area (Å²) in [5, 5.41) is 8.54. The summed E-state index contributed by atoms with van der Waals surface area (Å²) in [7, 11) is 1.62. The monoisotopic (exact) mass is 176 g/mol. The largest absolute Gasteiger partial charge is 0.495 e. The minimum atomic E-state index is 0.0994. The van der Waals surface area contributed by atoms with Gasteiger partial charge in [0.2, 0.25) is 0 Å². The van der Waals surface area contributed by atoms with E-state index in [-0.39, 0.29) is 6.61 Å². The molecule has 0 aromatic heterocycles. The predicted octanol–water partition coefficient (Wildman–Crippen LogP) is 1.43. The van der Waals surface area contributed by atoms with Crippen LogP contribution in [-0.2, 0) is 0 Å². The molecule has 0 amide bonds. The number of ether oxygens (including phenoxy) is 1. The molecule has 68 valence electrons. The first-order chi connectivity index (χ1) is 6.38. The van der Waals surface area contributed by atoms with Gasteiger partial charge in [0.25, 0.3) is 0 Å². The molecule has 0 fully saturated rings. The van der Waals surface area contributed by atoms with Crippen molar-refractivity contribution in [3.05, 3.63) is 29.8 Å². The van der Waals surface area contributed by atoms with E-state index in [1.165, 1.54) is 0 Å². The maximum Gasteiger partial charge on any atom is 0.134 e. The minimum Gasteiger partial charge on any atom is -0.495 e. The Morgan fingerprint density at radius 1 is 1.38 bits per heavy atom. The quantitative estimate of drug-likeness (QED) is 0.691. The van der Waals surface area contributed by atoms with Crippen LogP contribution in [0.5, 0.6) is 5.75 Å². The zero-order chi connectivity index (χ0) is 9.52. The molecule has 13 heavy (non-hydrogen) atoms. The number of aliphatic hydroxyl groups is 1. The Balaban J connectivity index is 2.82. The van der Waals surface area contributed by atoms with E-state index in [1.807, 2.05) is 24.3 Å². The molecule has 0 spiro atoms. The first-order valence-electron chi connectivity index (χ1n) is 4.11. The van der Waals surface area contributed by atoms with Crippen LogP contribution in [0.25, 0.3) is 0 Å². The molecule has 2 heteroatoms. The molecule has 0 saturated carbocycles. The topological polar surface area (TPSA) is 29.5 Å². The SMILES string of the molecule is COc1ccccc1C#CCCO. The standard InChI is InChI=1S/C11H12O2/c1-13-11-8-3-2-6-10(11)7-4-5-9-12/h2-3,6,8,12H,5,9H2,1H3. The van der Waals surface area contributed by atoms with Crippen LogP contribution in [0.3, 0.4) is 0 Å². The molecule has 0 bridgehead atoms. The van der Waals surface area contributed by atoms with Gasteiger partial charge in [0.1, 0.15) is 5.75 Å². The Hall–Kier alpha value is -1.46. The van der Waals surface area contributed by atoms with E-state index in [2.05, 4.69) is 11.8 Å². The lowest BCUT2D eigenvalue weighted by Gasteiger charge is -2.00. The Bertz CT molecular complexity index is 320. The van der Waals surface area contributed by atoms with Crippen molar-refractivity contribution in [2.45, 2.75) is 6.42 Å². The summed E-state index contributed by atoms with van der Waals surface area (Å²) in [4.78, 5) is 0. The lowest BCUT2D eigenvalue weighted by molar-refractivity contribution is 0.305. The summed E-state index contributed by atoms with van der Waals surface area (Å²) in [6, 6.07) is 7.56. The van der Waals surface area contributed by atoms with Gasteiger partial charge in [-0.1, -0.05) is 24.0 Å². The Morgan fingerprint density at radius 2 is 2.15 bits per heavy atom. The van der Waals surface area contributed by atoms with Crippen LogP contribution in [0.1, 0.15) is 12.0 Å². The second-order valence-electron chi connectivity index (χ2n) is 2.48. The van der Waals surface area contributed by atoms with E-state index >= 15 is 0 Å². The number of benzene rings is 1. The Labute approximate surface area is 78.2 Å². The van der Waals surface area contributed by atoms with Crippen LogP contribution < -0.4 is 4.74 Å². The molecule has 0 unspecified atom stereocenters. The molecule has 1 rings (SSSR count). The Morgan fingerprint density at radius 3 is 2.85 bits per heavy atom. The highest BCUT2D eigenvalue weighted by atomic mass is 16.5. The third-order valence-corrected chi connectivity index (χ3v) is 1.57. The normalized spacial score (nSPS) is 8.77. The number of aliphatic hydroxyl groups excluding tert-OH is 1. The van der Waals surface area contributed by atoms with Crippen molar-refractivity contribution in [2.24, 2.45) is 0 Å². The van der Waals surface area contributed by atoms with Gasteiger partial charge < -0.3 is 9.84 Å². The fraction of sp³-hybridized carbons (Fsp3) is 0.273. The summed E-state index contributed by atoms with van der Waals surface area (Å²) in [5.41, 5.74) is 0.860. The molecule has 0 aliphatic heterocycles. The second-order valence-corrected chi connectivity index (χ2v) is 2.48. The number of methoxy groups -OCH3 is 1. The van der Waals surface area contributed by atoms with Gasteiger partial charge >= 0.3 is 0 Å². The van der Waals surface area contributed by atoms with E-state index in [9.17, 15) is 0 Å². The summed E-state index contributed by atoms with van der Waals surface area (Å²) >= 11 is 0. The van der Waals surface area contributed by atoms with Crippen molar-refractivity contribution in [3.8, 4) is 17.6 Å². The number of hydrogen-bond donors (Lipinski definition) is 1. The minimum absolute atomic E-state index is 0.0994. The highest BCUT2D eigenvalue weighted by Crippen LogP contribution is 2.15. The average Bonchev–Trinajstić information content (AvgIpc) is 2.19. The van der Waals surface area contributed by atoms with Gasteiger partial charge in [-0.05, 0) is 12.1 Å². The summed E-state index contributed by atoms with van der Waals surface area (Å²) in [6.45, 7) is 0.0994. The highest BCUT2D eigenvalue weighted by Gasteiger charge is 1.95. The molecular formula is C11H12O2. The molecular weight excluding hydrogens is 164 g/mol. The highest BCUT2D eigenvalue weighted by molar-refractivity contribution is 5.45. The van der Waals surface area contributed by atoms with E-state index in [4.69, 9.17) is 9.84 Å². The summed E-state index contributed by atoms with van der Waals surface area (Å²) < 4.78 is 5.11. The predicted molar refractivity (Wildman–Crippen MR) is 51.6 cm³/mol. The molecule has 1 N–H and O–H groups in total. The molecule has 1 aromatic carbocycles. The van der Waals surface area contributed by atoms with Crippen LogP contribution >= 0.6 is 0 Å². The summed E-state index contributed by atoms with van der Waals surface area (Å²) in [6.07, 6.45) is 0.498. The first kappa shape index (κ1) is 9.63. The number of rotatable bonds is 2. The number of para-hydroxylation sites is 1. The third-order valence-electron chi connectivity index (χ3n) is 1.57. The van der Waals surface area contributed by atoms with Gasteiger partial charge in [-0.15, -0.1) is 0 Å². The molecule has 0 atom stereocenters. The maximum atomic E-state index is 8.54. The van der Waals surface area contributed by atoms with Gasteiger partial charge in [0.05, 0.1) is 19.3 Å². The van der Waals surface area contributed by atoms with Crippen molar-refractivity contribution in [1.29, 1.82) is 0 Å². The molecule has 0 aliphatic carbocycles. The smallest absolute Gasteiger partial charge is 0.134 e. The maximum absolute atomic E-state index is 8.54. The molecule has 0 heterocycles. The third kappa shape index (κ3) is 2.81. The van der Waals surface area contributed by atoms with Crippen molar-refractivity contribution in [1.82, 2.24) is 0 Å². The van der Waals surface area contributed by atoms with E-state index in [1.54, 1.807) is 7.11 Å². The van der Waals surface area contributed by atoms with E-state index in [0.29, 0.717) is 6.42 Å². The van der Waals surface area contributed by atoms with Crippen LogP contribution in [0, 0.1) is 11.8 Å². The van der Waals surface area contributed by atoms with Crippen molar-refractivity contribution >= 4 is 0 Å². The lowest BCUT2D eigenvalue weighted by atomic mass is 10.2. The molecule has 2 nitrogen and oxygen atoms in total. The average molecular weight is 176 g/mol. The van der Waals surface area contributed by atoms with Crippen molar-refractivity contribution in [3.63, 3.8) is 0 Å². The number of hydrogen-bond acceptors (Lipinski definition) is 2. The van der Waals surface area contributed by atoms with Gasteiger partial charge in [-0.25, -0.2) is 0 Å². The van der Waals surface area contributed by atoms with Crippen LogP contribution in [-0.4, -0.2) is 18.8 Å². The van der Waals surface area contributed by atoms with Crippen molar-refractivity contribution in [2.75, 3.05) is 13.7 Å². The van der Waals surface area contributed by atoms with Crippen molar-refractivity contribution < 1.29 is 9.84 Å². The van der Waals surface area contributed by atoms with E-state index < -0.39 is 0 Å². The van der Waals surface area contributed by atoms with Gasteiger partial charge in [-0.2, -0.15) is 0 Å². The zero-order valence-corrected chi connectivity index (χ0v) is 7.58.